The van der Waals surface area contributed by atoms with Crippen LogP contribution in [0.4, 0.5) is 11.4 Å². The van der Waals surface area contributed by atoms with Crippen LogP contribution in [0.2, 0.25) is 0 Å². The number of anilines is 2. The first-order valence-corrected chi connectivity index (χ1v) is 8.47. The van der Waals surface area contributed by atoms with E-state index in [1.165, 1.54) is 0 Å². The van der Waals surface area contributed by atoms with Gasteiger partial charge in [-0.15, -0.1) is 13.2 Å². The summed E-state index contributed by atoms with van der Waals surface area (Å²) in [6.45, 7) is 8.29. The minimum Gasteiger partial charge on any atom is -0.304 e. The zero-order valence-electron chi connectivity index (χ0n) is 14.3. The molecular formula is C22H18N2O2. The molecule has 0 aliphatic carbocycles. The molecule has 0 atom stereocenters. The van der Waals surface area contributed by atoms with Gasteiger partial charge in [0.1, 0.15) is 0 Å². The molecule has 4 nitrogen and oxygen atoms in total. The van der Waals surface area contributed by atoms with Crippen LogP contribution in [-0.2, 0) is 9.59 Å². The Hall–Kier alpha value is -3.40. The van der Waals surface area contributed by atoms with Gasteiger partial charge in [-0.05, 0) is 12.1 Å². The summed E-state index contributed by atoms with van der Waals surface area (Å²) >= 11 is 0. The van der Waals surface area contributed by atoms with Crippen molar-refractivity contribution in [3.63, 3.8) is 0 Å². The normalized spacial score (nSPS) is 18.2. The molecule has 2 aliphatic heterocycles. The molecule has 0 radical (unpaired) electrons. The first kappa shape index (κ1) is 16.1. The lowest BCUT2D eigenvalue weighted by atomic mass is 9.96. The molecule has 0 N–H and O–H groups in total. The zero-order valence-corrected chi connectivity index (χ0v) is 14.3. The number of hydrogen-bond donors (Lipinski definition) is 0. The Labute approximate surface area is 152 Å². The highest BCUT2D eigenvalue weighted by atomic mass is 16.2. The summed E-state index contributed by atoms with van der Waals surface area (Å²) in [6, 6.07) is 15.1. The van der Waals surface area contributed by atoms with Crippen molar-refractivity contribution in [1.29, 1.82) is 0 Å². The van der Waals surface area contributed by atoms with E-state index in [-0.39, 0.29) is 11.8 Å². The van der Waals surface area contributed by atoms with Gasteiger partial charge >= 0.3 is 0 Å². The quantitative estimate of drug-likeness (QED) is 0.628. The third-order valence-electron chi connectivity index (χ3n) is 4.72. The van der Waals surface area contributed by atoms with E-state index in [1.54, 1.807) is 22.0 Å². The first-order valence-electron chi connectivity index (χ1n) is 8.47. The first-order chi connectivity index (χ1) is 12.7. The second kappa shape index (κ2) is 6.15. The second-order valence-electron chi connectivity index (χ2n) is 6.19. The van der Waals surface area contributed by atoms with Crippen molar-refractivity contribution in [3.8, 4) is 0 Å². The van der Waals surface area contributed by atoms with Crippen LogP contribution in [0.25, 0.3) is 11.1 Å². The zero-order chi connectivity index (χ0) is 18.3. The lowest BCUT2D eigenvalue weighted by molar-refractivity contribution is -0.114. The van der Waals surface area contributed by atoms with Crippen LogP contribution >= 0.6 is 0 Å². The van der Waals surface area contributed by atoms with Gasteiger partial charge in [-0.2, -0.15) is 0 Å². The fourth-order valence-electron chi connectivity index (χ4n) is 3.66. The van der Waals surface area contributed by atoms with Crippen molar-refractivity contribution < 1.29 is 9.59 Å². The van der Waals surface area contributed by atoms with E-state index in [0.29, 0.717) is 24.2 Å². The number of fused-ring (bicyclic) bond motifs is 2. The molecule has 128 valence electrons. The van der Waals surface area contributed by atoms with E-state index in [4.69, 9.17) is 0 Å². The van der Waals surface area contributed by atoms with E-state index in [2.05, 4.69) is 13.2 Å². The molecule has 0 saturated carbocycles. The van der Waals surface area contributed by atoms with Crippen molar-refractivity contribution in [2.75, 3.05) is 22.9 Å². The van der Waals surface area contributed by atoms with Gasteiger partial charge < -0.3 is 9.80 Å². The van der Waals surface area contributed by atoms with Gasteiger partial charge in [0.05, 0.1) is 22.5 Å². The van der Waals surface area contributed by atoms with Crippen LogP contribution in [0.3, 0.4) is 0 Å². The van der Waals surface area contributed by atoms with Crippen LogP contribution in [0.1, 0.15) is 11.1 Å². The summed E-state index contributed by atoms with van der Waals surface area (Å²) < 4.78 is 0. The van der Waals surface area contributed by atoms with E-state index in [1.807, 2.05) is 48.5 Å². The molecule has 2 aromatic carbocycles. The molecule has 2 aromatic rings. The van der Waals surface area contributed by atoms with E-state index in [9.17, 15) is 9.59 Å². The Morgan fingerprint density at radius 2 is 1.08 bits per heavy atom. The average Bonchev–Trinajstić information content (AvgIpc) is 3.08. The Bertz CT molecular complexity index is 908. The SMILES string of the molecule is C=CCN1C(=O)/C(=C2\C(=O)N(CC=C)c3ccccc32)c2ccccc21. The summed E-state index contributed by atoms with van der Waals surface area (Å²) in [7, 11) is 0. The van der Waals surface area contributed by atoms with Crippen molar-refractivity contribution in [2.45, 2.75) is 0 Å². The topological polar surface area (TPSA) is 40.6 Å². The van der Waals surface area contributed by atoms with Gasteiger partial charge in [0.15, 0.2) is 0 Å². The number of amides is 2. The highest BCUT2D eigenvalue weighted by Crippen LogP contribution is 2.46. The van der Waals surface area contributed by atoms with Gasteiger partial charge in [-0.3, -0.25) is 9.59 Å². The molecule has 2 aliphatic rings. The van der Waals surface area contributed by atoms with Crippen LogP contribution in [-0.4, -0.2) is 24.9 Å². The molecule has 0 spiro atoms. The molecule has 4 rings (SSSR count). The maximum atomic E-state index is 13.2. The standard InChI is InChI=1S/C22H18N2O2/c1-3-13-23-17-11-7-5-9-15(17)19(21(23)25)20-16-10-6-8-12-18(16)24(14-4-2)22(20)26/h3-12H,1-2,13-14H2/b20-19-. The largest absolute Gasteiger partial charge is 0.304 e. The average molecular weight is 342 g/mol. The molecule has 0 bridgehead atoms. The molecule has 2 heterocycles. The van der Waals surface area contributed by atoms with Crippen LogP contribution < -0.4 is 9.80 Å². The predicted octanol–water partition coefficient (Wildman–Crippen LogP) is 3.66. The third kappa shape index (κ3) is 2.15. The fourth-order valence-corrected chi connectivity index (χ4v) is 3.66. The van der Waals surface area contributed by atoms with Gasteiger partial charge in [0.2, 0.25) is 0 Å². The van der Waals surface area contributed by atoms with E-state index < -0.39 is 0 Å². The number of hydrogen-bond acceptors (Lipinski definition) is 2. The summed E-state index contributed by atoms with van der Waals surface area (Å²) in [5.74, 6) is -0.325. The Kier molecular flexibility index (Phi) is 3.81. The number of nitrogens with zero attached hydrogens (tertiary/aromatic N) is 2. The smallest absolute Gasteiger partial charge is 0.260 e. The van der Waals surface area contributed by atoms with Crippen molar-refractivity contribution >= 4 is 34.3 Å². The summed E-state index contributed by atoms with van der Waals surface area (Å²) in [5, 5.41) is 0. The van der Waals surface area contributed by atoms with Crippen molar-refractivity contribution in [1.82, 2.24) is 0 Å². The Morgan fingerprint density at radius 3 is 1.46 bits per heavy atom. The molecule has 0 unspecified atom stereocenters. The molecule has 0 aromatic heterocycles. The second-order valence-corrected chi connectivity index (χ2v) is 6.19. The van der Waals surface area contributed by atoms with Crippen LogP contribution in [0.15, 0.2) is 73.8 Å². The van der Waals surface area contributed by atoms with Crippen molar-refractivity contribution in [3.05, 3.63) is 85.0 Å². The fraction of sp³-hybridized carbons (Fsp3) is 0.0909. The number of benzene rings is 2. The monoisotopic (exact) mass is 342 g/mol. The molecule has 2 amide bonds. The van der Waals surface area contributed by atoms with Gasteiger partial charge in [0, 0.05) is 24.2 Å². The summed E-state index contributed by atoms with van der Waals surface area (Å²) in [5.41, 5.74) is 4.13. The van der Waals surface area contributed by atoms with Gasteiger partial charge in [-0.25, -0.2) is 0 Å². The Balaban J connectivity index is 2.00. The summed E-state index contributed by atoms with van der Waals surface area (Å²) in [6.07, 6.45) is 3.38. The number of carbonyl (C=O) groups excluding carboxylic acids is 2. The van der Waals surface area contributed by atoms with Crippen molar-refractivity contribution in [2.24, 2.45) is 0 Å². The molecule has 4 heteroatoms. The minimum absolute atomic E-state index is 0.162. The predicted molar refractivity (Wildman–Crippen MR) is 105 cm³/mol. The third-order valence-corrected chi connectivity index (χ3v) is 4.72. The Morgan fingerprint density at radius 1 is 0.692 bits per heavy atom. The van der Waals surface area contributed by atoms with Crippen LogP contribution in [0.5, 0.6) is 0 Å². The maximum Gasteiger partial charge on any atom is 0.260 e. The number of para-hydroxylation sites is 2. The molecular weight excluding hydrogens is 324 g/mol. The molecule has 26 heavy (non-hydrogen) atoms. The highest BCUT2D eigenvalue weighted by Gasteiger charge is 2.41. The van der Waals surface area contributed by atoms with Crippen LogP contribution in [0, 0.1) is 0 Å². The van der Waals surface area contributed by atoms with E-state index >= 15 is 0 Å². The van der Waals surface area contributed by atoms with E-state index in [0.717, 1.165) is 22.5 Å². The maximum absolute atomic E-state index is 13.2. The number of carbonyl (C=O) groups is 2. The molecule has 0 fully saturated rings. The van der Waals surface area contributed by atoms with Gasteiger partial charge in [0.25, 0.3) is 11.8 Å². The number of rotatable bonds is 4. The highest BCUT2D eigenvalue weighted by molar-refractivity contribution is 6.49. The lowest BCUT2D eigenvalue weighted by Gasteiger charge is -2.14. The minimum atomic E-state index is -0.162. The molecule has 0 saturated heterocycles. The van der Waals surface area contributed by atoms with Gasteiger partial charge in [-0.1, -0.05) is 48.6 Å². The summed E-state index contributed by atoms with van der Waals surface area (Å²) in [4.78, 5) is 29.7. The lowest BCUT2D eigenvalue weighted by Crippen LogP contribution is -2.29.